The van der Waals surface area contributed by atoms with E-state index in [4.69, 9.17) is 10.2 Å². The van der Waals surface area contributed by atoms with E-state index in [1.165, 1.54) is 24.5 Å². The van der Waals surface area contributed by atoms with Crippen LogP contribution in [0.2, 0.25) is 0 Å². The molecule has 2 aromatic heterocycles. The van der Waals surface area contributed by atoms with E-state index in [2.05, 4.69) is 15.5 Å². The van der Waals surface area contributed by atoms with Crippen LogP contribution in [0.1, 0.15) is 25.8 Å². The second-order valence-electron chi connectivity index (χ2n) is 7.47. The van der Waals surface area contributed by atoms with Crippen LogP contribution in [-0.2, 0) is 22.3 Å². The summed E-state index contributed by atoms with van der Waals surface area (Å²) in [5, 5.41) is 10.1. The van der Waals surface area contributed by atoms with Gasteiger partial charge >= 0.3 is 6.18 Å². The molecule has 2 amide bonds. The molecule has 0 saturated carbocycles. The molecule has 1 atom stereocenters. The monoisotopic (exact) mass is 481 g/mol. The molecule has 3 rings (SSSR count). The molecule has 3 aromatic rings. The van der Waals surface area contributed by atoms with Gasteiger partial charge < -0.3 is 15.5 Å². The molecule has 176 valence electrons. The van der Waals surface area contributed by atoms with Gasteiger partial charge in [0, 0.05) is 13.0 Å². The predicted molar refractivity (Wildman–Crippen MR) is 116 cm³/mol. The molecule has 0 spiro atoms. The molecule has 2 heterocycles. The number of nitrogens with one attached hydrogen (secondary N) is 1. The first kappa shape index (κ1) is 24.4. The predicted octanol–water partition coefficient (Wildman–Crippen LogP) is 4.19. The van der Waals surface area contributed by atoms with E-state index < -0.39 is 28.8 Å². The van der Waals surface area contributed by atoms with Gasteiger partial charge in [-0.15, -0.1) is 10.2 Å². The van der Waals surface area contributed by atoms with Gasteiger partial charge in [-0.25, -0.2) is 0 Å². The maximum Gasteiger partial charge on any atom is 0.418 e. The number of hydrogen-bond donors (Lipinski definition) is 2. The third-order valence-corrected chi connectivity index (χ3v) is 6.15. The summed E-state index contributed by atoms with van der Waals surface area (Å²) in [4.78, 5) is 24.3. The molecule has 1 unspecified atom stereocenters. The maximum absolute atomic E-state index is 13.3. The number of carbonyl (C=O) groups excluding carboxylic acids is 2. The number of primary amides is 1. The lowest BCUT2D eigenvalue weighted by molar-refractivity contribution is -0.137. The van der Waals surface area contributed by atoms with Gasteiger partial charge in [0.2, 0.25) is 11.8 Å². The number of amides is 2. The Balaban J connectivity index is 1.89. The molecule has 8 nitrogen and oxygen atoms in total. The lowest BCUT2D eigenvalue weighted by Crippen LogP contribution is -2.31. The van der Waals surface area contributed by atoms with Crippen LogP contribution in [0.5, 0.6) is 0 Å². The van der Waals surface area contributed by atoms with Crippen molar-refractivity contribution in [2.24, 2.45) is 11.7 Å². The highest BCUT2D eigenvalue weighted by molar-refractivity contribution is 8.00. The summed E-state index contributed by atoms with van der Waals surface area (Å²) in [5.41, 5.74) is 4.02. The van der Waals surface area contributed by atoms with Crippen LogP contribution in [0, 0.1) is 5.92 Å². The summed E-state index contributed by atoms with van der Waals surface area (Å²) in [7, 11) is 0. The molecule has 0 fully saturated rings. The molecule has 1 aromatic carbocycles. The highest BCUT2D eigenvalue weighted by Crippen LogP contribution is 2.36. The Labute approximate surface area is 191 Å². The molecule has 0 bridgehead atoms. The number of halogens is 3. The first-order valence-corrected chi connectivity index (χ1v) is 10.8. The summed E-state index contributed by atoms with van der Waals surface area (Å²) < 4.78 is 46.9. The fraction of sp³-hybridized carbons (Fsp3) is 0.333. The van der Waals surface area contributed by atoms with Gasteiger partial charge in [0.1, 0.15) is 0 Å². The van der Waals surface area contributed by atoms with Crippen LogP contribution < -0.4 is 11.1 Å². The van der Waals surface area contributed by atoms with Gasteiger partial charge in [0.05, 0.1) is 22.8 Å². The lowest BCUT2D eigenvalue weighted by atomic mass is 10.1. The number of carbonyl (C=O) groups is 2. The van der Waals surface area contributed by atoms with E-state index in [0.717, 1.165) is 17.8 Å². The van der Waals surface area contributed by atoms with Crippen molar-refractivity contribution in [3.63, 3.8) is 0 Å². The summed E-state index contributed by atoms with van der Waals surface area (Å²) >= 11 is 1.04. The minimum absolute atomic E-state index is 0.00317. The van der Waals surface area contributed by atoms with Crippen molar-refractivity contribution in [2.45, 2.75) is 43.4 Å². The van der Waals surface area contributed by atoms with Crippen LogP contribution in [0.4, 0.5) is 18.9 Å². The van der Waals surface area contributed by atoms with Crippen LogP contribution in [0.25, 0.3) is 11.6 Å². The second kappa shape index (κ2) is 10.1. The SMILES string of the molecule is CC(C)C(Sc1nnc(-c2ccco2)n1CCC(N)=O)C(=O)Nc1ccccc1C(F)(F)F. The standard InChI is InChI=1S/C21H22F3N5O3S/c1-12(2)17(19(31)26-14-7-4-3-6-13(14)21(22,23)24)33-20-28-27-18(15-8-5-11-32-15)29(20)10-9-16(25)30/h3-8,11-12,17H,9-10H2,1-2H3,(H2,25,30)(H,26,31). The van der Waals surface area contributed by atoms with E-state index in [-0.39, 0.29) is 24.6 Å². The maximum atomic E-state index is 13.3. The third-order valence-electron chi connectivity index (χ3n) is 4.63. The number of alkyl halides is 3. The number of rotatable bonds is 9. The number of benzene rings is 1. The van der Waals surface area contributed by atoms with E-state index in [9.17, 15) is 22.8 Å². The van der Waals surface area contributed by atoms with Gasteiger partial charge in [0.15, 0.2) is 16.7 Å². The van der Waals surface area contributed by atoms with Crippen LogP contribution in [-0.4, -0.2) is 31.8 Å². The zero-order valence-electron chi connectivity index (χ0n) is 17.8. The van der Waals surface area contributed by atoms with Crippen molar-refractivity contribution in [1.29, 1.82) is 0 Å². The first-order chi connectivity index (χ1) is 15.6. The molecule has 33 heavy (non-hydrogen) atoms. The van der Waals surface area contributed by atoms with Gasteiger partial charge in [-0.1, -0.05) is 37.7 Å². The summed E-state index contributed by atoms with van der Waals surface area (Å²) in [6.07, 6.45) is -3.16. The number of hydrogen-bond acceptors (Lipinski definition) is 6. The number of furan rings is 1. The Morgan fingerprint density at radius 2 is 1.91 bits per heavy atom. The quantitative estimate of drug-likeness (QED) is 0.443. The van der Waals surface area contributed by atoms with E-state index in [1.807, 2.05) is 0 Å². The van der Waals surface area contributed by atoms with E-state index in [1.54, 1.807) is 30.5 Å². The molecule has 0 saturated heterocycles. The third kappa shape index (κ3) is 5.95. The van der Waals surface area contributed by atoms with Crippen molar-refractivity contribution < 1.29 is 27.2 Å². The van der Waals surface area contributed by atoms with E-state index in [0.29, 0.717) is 16.7 Å². The van der Waals surface area contributed by atoms with Crippen LogP contribution in [0.3, 0.4) is 0 Å². The molecule has 0 aliphatic carbocycles. The Morgan fingerprint density at radius 3 is 2.52 bits per heavy atom. The largest absolute Gasteiger partial charge is 0.461 e. The molecule has 3 N–H and O–H groups in total. The van der Waals surface area contributed by atoms with Crippen molar-refractivity contribution >= 4 is 29.3 Å². The zero-order valence-corrected chi connectivity index (χ0v) is 18.6. The fourth-order valence-electron chi connectivity index (χ4n) is 3.04. The number of nitrogens with zero attached hydrogens (tertiary/aromatic N) is 3. The minimum Gasteiger partial charge on any atom is -0.461 e. The first-order valence-electron chi connectivity index (χ1n) is 9.97. The summed E-state index contributed by atoms with van der Waals surface area (Å²) in [6, 6.07) is 8.11. The molecular formula is C21H22F3N5O3S. The number of thioether (sulfide) groups is 1. The van der Waals surface area contributed by atoms with Gasteiger partial charge in [-0.05, 0) is 30.2 Å². The Bertz CT molecular complexity index is 1110. The summed E-state index contributed by atoms with van der Waals surface area (Å²) in [6.45, 7) is 3.68. The number of aromatic nitrogens is 3. The molecule has 12 heteroatoms. The second-order valence-corrected chi connectivity index (χ2v) is 8.58. The van der Waals surface area contributed by atoms with E-state index >= 15 is 0 Å². The number of para-hydroxylation sites is 1. The molecule has 0 radical (unpaired) electrons. The zero-order chi connectivity index (χ0) is 24.2. The van der Waals surface area contributed by atoms with Crippen LogP contribution >= 0.6 is 11.8 Å². The minimum atomic E-state index is -4.61. The normalized spacial score (nSPS) is 12.7. The number of anilines is 1. The molecular weight excluding hydrogens is 459 g/mol. The number of nitrogens with two attached hydrogens (primary N) is 1. The highest BCUT2D eigenvalue weighted by Gasteiger charge is 2.35. The lowest BCUT2D eigenvalue weighted by Gasteiger charge is -2.21. The van der Waals surface area contributed by atoms with Gasteiger partial charge in [-0.3, -0.25) is 14.2 Å². The van der Waals surface area contributed by atoms with Crippen molar-refractivity contribution in [3.8, 4) is 11.6 Å². The fourth-order valence-corrected chi connectivity index (χ4v) is 4.09. The van der Waals surface area contributed by atoms with Gasteiger partial charge in [-0.2, -0.15) is 13.2 Å². The van der Waals surface area contributed by atoms with Crippen molar-refractivity contribution in [3.05, 3.63) is 48.2 Å². The Morgan fingerprint density at radius 1 is 1.18 bits per heavy atom. The van der Waals surface area contributed by atoms with Crippen molar-refractivity contribution in [2.75, 3.05) is 5.32 Å². The van der Waals surface area contributed by atoms with Crippen LogP contribution in [0.15, 0.2) is 52.2 Å². The molecule has 0 aliphatic rings. The Kier molecular flexibility index (Phi) is 7.46. The van der Waals surface area contributed by atoms with Crippen molar-refractivity contribution in [1.82, 2.24) is 14.8 Å². The highest BCUT2D eigenvalue weighted by atomic mass is 32.2. The smallest absolute Gasteiger partial charge is 0.418 e. The molecule has 0 aliphatic heterocycles. The Hall–Kier alpha value is -3.28. The van der Waals surface area contributed by atoms with Gasteiger partial charge in [0.25, 0.3) is 0 Å². The summed E-state index contributed by atoms with van der Waals surface area (Å²) in [5.74, 6) is -0.665. The average Bonchev–Trinajstić information content (AvgIpc) is 3.39. The average molecular weight is 482 g/mol. The topological polar surface area (TPSA) is 116 Å².